The lowest BCUT2D eigenvalue weighted by Crippen LogP contribution is -2.53. The number of methoxy groups -OCH3 is 1. The van der Waals surface area contributed by atoms with Crippen molar-refractivity contribution in [2.24, 2.45) is 0 Å². The van der Waals surface area contributed by atoms with E-state index in [0.29, 0.717) is 32.5 Å². The van der Waals surface area contributed by atoms with Crippen LogP contribution in [0.1, 0.15) is 30.4 Å². The molecule has 1 amide bonds. The fraction of sp³-hybridized carbons (Fsp3) is 0.611. The van der Waals surface area contributed by atoms with Gasteiger partial charge < -0.3 is 19.5 Å². The molecule has 1 saturated heterocycles. The number of hydrogen-bond donors (Lipinski definition) is 1. The molecule has 1 N–H and O–H groups in total. The van der Waals surface area contributed by atoms with Gasteiger partial charge in [0.1, 0.15) is 18.0 Å². The van der Waals surface area contributed by atoms with Gasteiger partial charge >= 0.3 is 0 Å². The highest BCUT2D eigenvalue weighted by molar-refractivity contribution is 5.76. The summed E-state index contributed by atoms with van der Waals surface area (Å²) in [6, 6.07) is 5.90. The fourth-order valence-corrected chi connectivity index (χ4v) is 2.81. The van der Waals surface area contributed by atoms with Crippen molar-refractivity contribution in [1.82, 2.24) is 4.90 Å². The van der Waals surface area contributed by atoms with E-state index in [0.717, 1.165) is 17.7 Å². The number of aryl methyl sites for hydroxylation is 2. The van der Waals surface area contributed by atoms with Crippen LogP contribution >= 0.6 is 0 Å². The fourth-order valence-electron chi connectivity index (χ4n) is 2.81. The Labute approximate surface area is 138 Å². The van der Waals surface area contributed by atoms with E-state index in [1.165, 1.54) is 5.56 Å². The van der Waals surface area contributed by atoms with Crippen molar-refractivity contribution >= 4 is 5.91 Å². The number of hydrogen-bond acceptors (Lipinski definition) is 4. The summed E-state index contributed by atoms with van der Waals surface area (Å²) in [5, 5.41) is 10.8. The molecule has 1 aliphatic heterocycles. The van der Waals surface area contributed by atoms with E-state index in [1.807, 2.05) is 25.1 Å². The van der Waals surface area contributed by atoms with Crippen molar-refractivity contribution in [2.75, 3.05) is 33.4 Å². The number of carbonyl (C=O) groups excluding carboxylic acids is 1. The van der Waals surface area contributed by atoms with Gasteiger partial charge in [-0.2, -0.15) is 0 Å². The highest BCUT2D eigenvalue weighted by Gasteiger charge is 2.35. The highest BCUT2D eigenvalue weighted by atomic mass is 16.5. The van der Waals surface area contributed by atoms with Gasteiger partial charge in [0.15, 0.2) is 0 Å². The van der Waals surface area contributed by atoms with Gasteiger partial charge in [-0.15, -0.1) is 0 Å². The number of ether oxygens (including phenoxy) is 2. The molecule has 5 heteroatoms. The third kappa shape index (κ3) is 4.94. The summed E-state index contributed by atoms with van der Waals surface area (Å²) in [5.41, 5.74) is 1.39. The summed E-state index contributed by atoms with van der Waals surface area (Å²) >= 11 is 0. The molecule has 0 bridgehead atoms. The maximum absolute atomic E-state index is 12.1. The Balaban J connectivity index is 1.92. The number of aliphatic hydroxyl groups is 1. The van der Waals surface area contributed by atoms with E-state index in [2.05, 4.69) is 6.92 Å². The molecule has 1 aliphatic rings. The average Bonchev–Trinajstić information content (AvgIpc) is 2.54. The summed E-state index contributed by atoms with van der Waals surface area (Å²) < 4.78 is 10.7. The van der Waals surface area contributed by atoms with Crippen LogP contribution in [-0.2, 0) is 9.53 Å². The van der Waals surface area contributed by atoms with Gasteiger partial charge in [0.2, 0.25) is 5.91 Å². The maximum Gasteiger partial charge on any atom is 0.224 e. The topological polar surface area (TPSA) is 59.0 Å². The summed E-state index contributed by atoms with van der Waals surface area (Å²) in [6.07, 6.45) is 1.78. The van der Waals surface area contributed by atoms with Gasteiger partial charge in [0, 0.05) is 13.7 Å². The number of β-amino-alcohol motifs (C(OH)–C–C–N with tert-alkyl or cyclic N) is 1. The number of carbonyl (C=O) groups is 1. The van der Waals surface area contributed by atoms with Gasteiger partial charge in [0.05, 0.1) is 19.6 Å². The SMILES string of the molecule is COCCC(=O)N1CCCC(O)(COc2ccc(C)c(C)c2)C1. The molecule has 5 nitrogen and oxygen atoms in total. The molecule has 1 aromatic rings. The molecule has 1 fully saturated rings. The highest BCUT2D eigenvalue weighted by Crippen LogP contribution is 2.24. The molecule has 0 spiro atoms. The van der Waals surface area contributed by atoms with Crippen LogP contribution in [0.15, 0.2) is 18.2 Å². The van der Waals surface area contributed by atoms with Crippen molar-refractivity contribution in [3.8, 4) is 5.75 Å². The molecular formula is C18H27NO4. The van der Waals surface area contributed by atoms with Crippen molar-refractivity contribution in [1.29, 1.82) is 0 Å². The standard InChI is InChI=1S/C18H27NO4/c1-14-5-6-16(11-15(14)2)23-13-18(21)8-4-9-19(12-18)17(20)7-10-22-3/h5-6,11,21H,4,7-10,12-13H2,1-3H3. The van der Waals surface area contributed by atoms with Crippen LogP contribution in [0.4, 0.5) is 0 Å². The first-order valence-corrected chi connectivity index (χ1v) is 8.13. The van der Waals surface area contributed by atoms with Gasteiger partial charge in [-0.25, -0.2) is 0 Å². The first kappa shape index (κ1) is 17.8. The lowest BCUT2D eigenvalue weighted by Gasteiger charge is -2.39. The minimum atomic E-state index is -0.986. The van der Waals surface area contributed by atoms with Crippen LogP contribution in [0, 0.1) is 13.8 Å². The molecule has 0 saturated carbocycles. The molecule has 1 aromatic carbocycles. The predicted octanol–water partition coefficient (Wildman–Crippen LogP) is 2.07. The van der Waals surface area contributed by atoms with Gasteiger partial charge in [-0.1, -0.05) is 6.07 Å². The van der Waals surface area contributed by atoms with E-state index in [-0.39, 0.29) is 12.5 Å². The van der Waals surface area contributed by atoms with Gasteiger partial charge in [0.25, 0.3) is 0 Å². The number of amides is 1. The number of benzene rings is 1. The predicted molar refractivity (Wildman–Crippen MR) is 88.7 cm³/mol. The van der Waals surface area contributed by atoms with Crippen molar-refractivity contribution in [2.45, 2.75) is 38.7 Å². The second kappa shape index (κ2) is 7.79. The number of rotatable bonds is 6. The number of likely N-dealkylation sites (tertiary alicyclic amines) is 1. The second-order valence-electron chi connectivity index (χ2n) is 6.42. The van der Waals surface area contributed by atoms with E-state index in [1.54, 1.807) is 12.0 Å². The number of nitrogens with zero attached hydrogens (tertiary/aromatic N) is 1. The molecule has 23 heavy (non-hydrogen) atoms. The Hall–Kier alpha value is -1.59. The van der Waals surface area contributed by atoms with Crippen molar-refractivity contribution < 1.29 is 19.4 Å². The normalized spacial score (nSPS) is 21.3. The third-order valence-corrected chi connectivity index (χ3v) is 4.41. The molecule has 0 radical (unpaired) electrons. The molecule has 0 aliphatic carbocycles. The molecule has 1 unspecified atom stereocenters. The van der Waals surface area contributed by atoms with Crippen LogP contribution < -0.4 is 4.74 Å². The van der Waals surface area contributed by atoms with Crippen molar-refractivity contribution in [3.63, 3.8) is 0 Å². The summed E-state index contributed by atoms with van der Waals surface area (Å²) in [7, 11) is 1.58. The Morgan fingerprint density at radius 2 is 2.13 bits per heavy atom. The van der Waals surface area contributed by atoms with Crippen molar-refractivity contribution in [3.05, 3.63) is 29.3 Å². The van der Waals surface area contributed by atoms with E-state index in [4.69, 9.17) is 9.47 Å². The third-order valence-electron chi connectivity index (χ3n) is 4.41. The number of piperidine rings is 1. The van der Waals surface area contributed by atoms with Crippen LogP contribution in [0.3, 0.4) is 0 Å². The monoisotopic (exact) mass is 321 g/mol. The smallest absolute Gasteiger partial charge is 0.224 e. The maximum atomic E-state index is 12.1. The van der Waals surface area contributed by atoms with Crippen LogP contribution in [0.25, 0.3) is 0 Å². The zero-order valence-electron chi connectivity index (χ0n) is 14.3. The van der Waals surface area contributed by atoms with E-state index in [9.17, 15) is 9.90 Å². The molecule has 0 aromatic heterocycles. The minimum Gasteiger partial charge on any atom is -0.491 e. The summed E-state index contributed by atoms with van der Waals surface area (Å²) in [4.78, 5) is 13.8. The van der Waals surface area contributed by atoms with Gasteiger partial charge in [-0.05, 0) is 49.9 Å². The largest absolute Gasteiger partial charge is 0.491 e. The Kier molecular flexibility index (Phi) is 6.02. The molecule has 1 atom stereocenters. The molecule has 128 valence electrons. The second-order valence-corrected chi connectivity index (χ2v) is 6.42. The van der Waals surface area contributed by atoms with E-state index >= 15 is 0 Å². The lowest BCUT2D eigenvalue weighted by atomic mass is 9.93. The molecule has 1 heterocycles. The van der Waals surface area contributed by atoms with E-state index < -0.39 is 5.60 Å². The first-order valence-electron chi connectivity index (χ1n) is 8.13. The minimum absolute atomic E-state index is 0.0242. The molecule has 2 rings (SSSR count). The lowest BCUT2D eigenvalue weighted by molar-refractivity contribution is -0.141. The van der Waals surface area contributed by atoms with Crippen LogP contribution in [0.2, 0.25) is 0 Å². The average molecular weight is 321 g/mol. The quantitative estimate of drug-likeness (QED) is 0.871. The summed E-state index contributed by atoms with van der Waals surface area (Å²) in [6.45, 7) is 5.70. The van der Waals surface area contributed by atoms with Crippen LogP contribution in [0.5, 0.6) is 5.75 Å². The zero-order valence-corrected chi connectivity index (χ0v) is 14.3. The molecular weight excluding hydrogens is 294 g/mol. The Morgan fingerprint density at radius 1 is 1.35 bits per heavy atom. The Bertz CT molecular complexity index is 546. The first-order chi connectivity index (χ1) is 10.9. The zero-order chi connectivity index (χ0) is 16.9. The van der Waals surface area contributed by atoms with Crippen LogP contribution in [-0.4, -0.2) is 54.9 Å². The Morgan fingerprint density at radius 3 is 2.83 bits per heavy atom. The van der Waals surface area contributed by atoms with Gasteiger partial charge in [-0.3, -0.25) is 4.79 Å². The summed E-state index contributed by atoms with van der Waals surface area (Å²) in [5.74, 6) is 0.778.